The third-order valence-corrected chi connectivity index (χ3v) is 17.8. The zero-order valence-electron chi connectivity index (χ0n) is 27.2. The van der Waals surface area contributed by atoms with E-state index in [4.69, 9.17) is 4.65 Å². The first-order valence-corrected chi connectivity index (χ1v) is 24.4. The molecule has 5 heteroatoms. The molecule has 0 amide bonds. The first-order valence-electron chi connectivity index (χ1n) is 14.5. The zero-order chi connectivity index (χ0) is 27.8. The largest absolute Gasteiger partial charge is 0.668 e. The molecule has 11 radical (unpaired) electrons. The molecule has 0 aromatic heterocycles. The second-order valence-electron chi connectivity index (χ2n) is 14.8. The summed E-state index contributed by atoms with van der Waals surface area (Å²) in [5.41, 5.74) is 3.32. The van der Waals surface area contributed by atoms with E-state index in [2.05, 4.69) is 120 Å². The Balaban J connectivity index is 0.000000589. The zero-order valence-corrected chi connectivity index (χ0v) is 33.0. The van der Waals surface area contributed by atoms with Crippen LogP contribution < -0.4 is 0 Å². The maximum atomic E-state index is 4.82. The van der Waals surface area contributed by atoms with Crippen molar-refractivity contribution in [2.75, 3.05) is 0 Å². The summed E-state index contributed by atoms with van der Waals surface area (Å²) < 4.78 is 4.82. The van der Waals surface area contributed by atoms with Crippen molar-refractivity contribution in [1.29, 1.82) is 0 Å². The van der Waals surface area contributed by atoms with Crippen molar-refractivity contribution in [2.24, 2.45) is 23.7 Å². The summed E-state index contributed by atoms with van der Waals surface area (Å²) in [4.78, 5) is 0. The molecule has 3 fully saturated rings. The van der Waals surface area contributed by atoms with Gasteiger partial charge in [0.2, 0.25) is 0 Å². The van der Waals surface area contributed by atoms with Crippen molar-refractivity contribution in [3.8, 4) is 0 Å². The fourth-order valence-electron chi connectivity index (χ4n) is 6.97. The fourth-order valence-corrected chi connectivity index (χ4v) is 18.6. The van der Waals surface area contributed by atoms with Crippen LogP contribution in [0, 0.1) is 83.6 Å². The van der Waals surface area contributed by atoms with Gasteiger partial charge in [-0.1, -0.05) is 124 Å². The topological polar surface area (TPSA) is 14.1 Å². The molecule has 0 saturated heterocycles. The quantitative estimate of drug-likeness (QED) is 0.260. The molecular formula is C32H58NSi3Y-. The van der Waals surface area contributed by atoms with Crippen LogP contribution in [0.4, 0.5) is 0 Å². The van der Waals surface area contributed by atoms with Gasteiger partial charge in [-0.25, -0.2) is 0 Å². The van der Waals surface area contributed by atoms with Gasteiger partial charge in [0.25, 0.3) is 0 Å². The van der Waals surface area contributed by atoms with Gasteiger partial charge in [-0.05, 0) is 96.4 Å². The Kier molecular flexibility index (Phi) is 14.2. The maximum absolute atomic E-state index is 4.82. The molecule has 3 aliphatic carbocycles. The van der Waals surface area contributed by atoms with Crippen molar-refractivity contribution in [2.45, 2.75) is 120 Å². The second-order valence-corrected chi connectivity index (χ2v) is 28.7. The van der Waals surface area contributed by atoms with E-state index < -0.39 is 24.5 Å². The van der Waals surface area contributed by atoms with E-state index in [1.54, 1.807) is 28.8 Å². The van der Waals surface area contributed by atoms with Crippen LogP contribution in [-0.2, 0) is 32.7 Å². The summed E-state index contributed by atoms with van der Waals surface area (Å²) in [6.45, 7) is 35.5. The van der Waals surface area contributed by atoms with Gasteiger partial charge in [-0.15, -0.1) is 0 Å². The molecule has 0 unspecified atom stereocenters. The van der Waals surface area contributed by atoms with Gasteiger partial charge in [0.15, 0.2) is 0 Å². The van der Waals surface area contributed by atoms with Gasteiger partial charge in [0, 0.05) is 32.7 Å². The molecule has 37 heavy (non-hydrogen) atoms. The molecule has 0 heterocycles. The van der Waals surface area contributed by atoms with E-state index in [0.29, 0.717) is 0 Å². The minimum Gasteiger partial charge on any atom is -0.668 e. The van der Waals surface area contributed by atoms with Crippen molar-refractivity contribution in [1.82, 2.24) is 0 Å². The Morgan fingerprint density at radius 1 is 0.757 bits per heavy atom. The van der Waals surface area contributed by atoms with Crippen molar-refractivity contribution in [3.63, 3.8) is 0 Å². The Labute approximate surface area is 263 Å². The molecule has 1 nitrogen and oxygen atoms in total. The van der Waals surface area contributed by atoms with Crippen LogP contribution in [0.5, 0.6) is 0 Å². The van der Waals surface area contributed by atoms with Gasteiger partial charge in [0.05, 0.1) is 8.07 Å². The first-order chi connectivity index (χ1) is 16.3. The summed E-state index contributed by atoms with van der Waals surface area (Å²) in [6.07, 6.45) is 11.8. The summed E-state index contributed by atoms with van der Waals surface area (Å²) in [5.74, 6) is 11.0. The van der Waals surface area contributed by atoms with Crippen LogP contribution >= 0.6 is 0 Å². The molecule has 3 saturated carbocycles. The van der Waals surface area contributed by atoms with Crippen LogP contribution in [-0.4, -0.2) is 24.5 Å². The van der Waals surface area contributed by atoms with Gasteiger partial charge in [-0.2, -0.15) is 0 Å². The average Bonchev–Trinajstić information content (AvgIpc) is 3.27. The predicted octanol–water partition coefficient (Wildman–Crippen LogP) is 10.3. The molecule has 207 valence electrons. The third-order valence-electron chi connectivity index (χ3n) is 8.68. The van der Waals surface area contributed by atoms with Crippen LogP contribution in [0.15, 0.2) is 0 Å². The molecular weight excluding hydrogens is 572 g/mol. The van der Waals surface area contributed by atoms with Gasteiger partial charge >= 0.3 is 0 Å². The van der Waals surface area contributed by atoms with Crippen molar-refractivity contribution >= 4 is 24.5 Å². The second kappa shape index (κ2) is 14.3. The molecule has 3 rings (SSSR count). The molecule has 0 spiro atoms. The average molecular weight is 630 g/mol. The minimum atomic E-state index is -1.66. The maximum Gasteiger partial charge on any atom is 0.0626 e. The monoisotopic (exact) mass is 629 g/mol. The number of hydrogen-bond donors (Lipinski definition) is 0. The Morgan fingerprint density at radius 2 is 1.24 bits per heavy atom. The molecule has 0 aromatic carbocycles. The van der Waals surface area contributed by atoms with Crippen LogP contribution in [0.2, 0.25) is 52.4 Å². The smallest absolute Gasteiger partial charge is 0.0626 e. The van der Waals surface area contributed by atoms with Crippen LogP contribution in [0.25, 0.3) is 4.65 Å². The molecule has 3 aliphatic rings. The SMILES string of the molecule is C[C]1[C](C)[C](C)[C]([Si](C)(C)[C]2[CH][CH][C]([C@H]3C[C@H](C)CC[C@H]3C(C)C)[CH]2)[C]1C.C[Si](C)(C)[N-][Si](C)(C)C.[Y]. The van der Waals surface area contributed by atoms with E-state index in [-0.39, 0.29) is 32.7 Å². The van der Waals surface area contributed by atoms with Gasteiger partial charge in [-0.3, -0.25) is 0 Å². The predicted molar refractivity (Wildman–Crippen MR) is 171 cm³/mol. The van der Waals surface area contributed by atoms with Crippen LogP contribution in [0.3, 0.4) is 0 Å². The van der Waals surface area contributed by atoms with Crippen molar-refractivity contribution < 1.29 is 32.7 Å². The number of hydrogen-bond acceptors (Lipinski definition) is 0. The molecule has 0 aliphatic heterocycles. The summed E-state index contributed by atoms with van der Waals surface area (Å²) in [6, 6.07) is 0. The van der Waals surface area contributed by atoms with Gasteiger partial charge in [0.1, 0.15) is 0 Å². The van der Waals surface area contributed by atoms with E-state index in [1.165, 1.54) is 31.1 Å². The summed E-state index contributed by atoms with van der Waals surface area (Å²) >= 11 is 0. The molecule has 0 aromatic rings. The van der Waals surface area contributed by atoms with Crippen molar-refractivity contribution in [3.05, 3.63) is 64.6 Å². The normalized spacial score (nSPS) is 29.0. The van der Waals surface area contributed by atoms with E-state index in [1.807, 2.05) is 0 Å². The standard InChI is InChI=1S/C26H40Si.C6H18NSi2.Y/c1-16(2)24-13-10-17(3)14-25(24)22-11-12-23(15-22)27(8,9)26-20(6)18(4)19(5)21(26)7;1-8(2,3)7-9(4,5)6;/h11-12,15-17,24-25H,10,13-14H2,1-9H3;1-6H3;/q;-1;/t17-,24+,25-;;/m1../s1. The summed E-state index contributed by atoms with van der Waals surface area (Å²) in [7, 11) is -3.88. The number of rotatable bonds is 6. The van der Waals surface area contributed by atoms with E-state index in [9.17, 15) is 0 Å². The molecule has 3 atom stereocenters. The Bertz CT molecular complexity index is 657. The van der Waals surface area contributed by atoms with Gasteiger partial charge < -0.3 is 4.65 Å². The molecule has 0 N–H and O–H groups in total. The first kappa shape index (κ1) is 36.7. The van der Waals surface area contributed by atoms with E-state index >= 15 is 0 Å². The Hall–Kier alpha value is 1.71. The van der Waals surface area contributed by atoms with Crippen LogP contribution in [0.1, 0.15) is 67.7 Å². The Morgan fingerprint density at radius 3 is 1.65 bits per heavy atom. The molecule has 0 bridgehead atoms. The summed E-state index contributed by atoms with van der Waals surface area (Å²) in [5, 5.41) is 0. The number of nitrogens with zero attached hydrogens (tertiary/aromatic N) is 1. The fraction of sp³-hybridized carbons (Fsp3) is 0.688. The third kappa shape index (κ3) is 9.90. The minimum absolute atomic E-state index is 0. The van der Waals surface area contributed by atoms with E-state index in [0.717, 1.165) is 23.7 Å².